The number of carbonyl (C=O) groups excluding carboxylic acids is 1. The van der Waals surface area contributed by atoms with E-state index in [1.54, 1.807) is 0 Å². The molecule has 0 aliphatic rings. The van der Waals surface area contributed by atoms with Crippen LogP contribution in [0.4, 0.5) is 5.69 Å². The Hall–Kier alpha value is -2.42. The lowest BCUT2D eigenvalue weighted by Gasteiger charge is -2.19. The van der Waals surface area contributed by atoms with Crippen LogP contribution in [-0.4, -0.2) is 17.8 Å². The number of ether oxygens (including phenoxy) is 1. The molecule has 0 fully saturated rings. The first-order valence-corrected chi connectivity index (χ1v) is 5.57. The van der Waals surface area contributed by atoms with Crippen molar-refractivity contribution in [3.63, 3.8) is 0 Å². The molecule has 6 heteroatoms. The molecule has 0 amide bonds. The van der Waals surface area contributed by atoms with Crippen molar-refractivity contribution in [3.05, 3.63) is 33.9 Å². The van der Waals surface area contributed by atoms with E-state index in [0.29, 0.717) is 11.3 Å². The summed E-state index contributed by atoms with van der Waals surface area (Å²) in [5.41, 5.74) is -0.849. The number of nitro benzene ring substituents is 1. The van der Waals surface area contributed by atoms with Crippen LogP contribution in [-0.2, 0) is 11.2 Å². The van der Waals surface area contributed by atoms with E-state index in [4.69, 9.17) is 10.00 Å². The van der Waals surface area contributed by atoms with Gasteiger partial charge >= 0.3 is 0 Å². The van der Waals surface area contributed by atoms with Gasteiger partial charge in [-0.05, 0) is 19.9 Å². The zero-order valence-electron chi connectivity index (χ0n) is 11.0. The SMILES string of the molecule is COc1ccc([N+](=O)[O-])cc1CC(C)(C#N)C(C)=O. The quantitative estimate of drug-likeness (QED) is 0.599. The highest BCUT2D eigenvalue weighted by Gasteiger charge is 2.31. The average molecular weight is 262 g/mol. The Bertz CT molecular complexity index is 562. The zero-order chi connectivity index (χ0) is 14.6. The van der Waals surface area contributed by atoms with Gasteiger partial charge in [0.05, 0.1) is 18.1 Å². The molecule has 19 heavy (non-hydrogen) atoms. The number of ketones is 1. The molecule has 0 radical (unpaired) electrons. The highest BCUT2D eigenvalue weighted by molar-refractivity contribution is 5.85. The van der Waals surface area contributed by atoms with E-state index in [-0.39, 0.29) is 17.9 Å². The number of methoxy groups -OCH3 is 1. The summed E-state index contributed by atoms with van der Waals surface area (Å²) in [5.74, 6) is 0.136. The number of carbonyl (C=O) groups is 1. The molecule has 6 nitrogen and oxygen atoms in total. The third-order valence-corrected chi connectivity index (χ3v) is 3.04. The van der Waals surface area contributed by atoms with Gasteiger partial charge in [-0.25, -0.2) is 0 Å². The fraction of sp³-hybridized carbons (Fsp3) is 0.385. The summed E-state index contributed by atoms with van der Waals surface area (Å²) in [4.78, 5) is 21.7. The number of nitriles is 1. The fourth-order valence-electron chi connectivity index (χ4n) is 1.64. The second-order valence-electron chi connectivity index (χ2n) is 4.43. The van der Waals surface area contributed by atoms with E-state index in [1.807, 2.05) is 6.07 Å². The molecular weight excluding hydrogens is 248 g/mol. The standard InChI is InChI=1S/C13H14N2O4/c1-9(16)13(2,8-14)7-10-6-11(15(17)18)4-5-12(10)19-3/h4-6H,7H2,1-3H3. The molecule has 0 aromatic heterocycles. The van der Waals surface area contributed by atoms with Crippen LogP contribution in [0.25, 0.3) is 0 Å². The number of hydrogen-bond acceptors (Lipinski definition) is 5. The lowest BCUT2D eigenvalue weighted by atomic mass is 9.81. The van der Waals surface area contributed by atoms with E-state index < -0.39 is 10.3 Å². The van der Waals surface area contributed by atoms with E-state index >= 15 is 0 Å². The van der Waals surface area contributed by atoms with Gasteiger partial charge < -0.3 is 4.74 Å². The van der Waals surface area contributed by atoms with Gasteiger partial charge in [-0.15, -0.1) is 0 Å². The number of nitro groups is 1. The van der Waals surface area contributed by atoms with Gasteiger partial charge in [0.15, 0.2) is 0 Å². The number of benzene rings is 1. The first-order chi connectivity index (χ1) is 8.84. The molecule has 0 aliphatic heterocycles. The van der Waals surface area contributed by atoms with Gasteiger partial charge in [0.25, 0.3) is 5.69 Å². The summed E-state index contributed by atoms with van der Waals surface area (Å²) in [6.45, 7) is 2.83. The smallest absolute Gasteiger partial charge is 0.269 e. The fourth-order valence-corrected chi connectivity index (χ4v) is 1.64. The van der Waals surface area contributed by atoms with Crippen molar-refractivity contribution < 1.29 is 14.5 Å². The summed E-state index contributed by atoms with van der Waals surface area (Å²) in [6.07, 6.45) is 0.0731. The first-order valence-electron chi connectivity index (χ1n) is 5.57. The van der Waals surface area contributed by atoms with Crippen molar-refractivity contribution in [1.82, 2.24) is 0 Å². The Morgan fingerprint density at radius 1 is 1.58 bits per heavy atom. The summed E-state index contributed by atoms with van der Waals surface area (Å²) < 4.78 is 5.11. The van der Waals surface area contributed by atoms with Crippen molar-refractivity contribution in [2.45, 2.75) is 20.3 Å². The minimum atomic E-state index is -1.22. The van der Waals surface area contributed by atoms with Crippen LogP contribution in [0.2, 0.25) is 0 Å². The van der Waals surface area contributed by atoms with Crippen LogP contribution < -0.4 is 4.74 Å². The van der Waals surface area contributed by atoms with Gasteiger partial charge in [-0.3, -0.25) is 14.9 Å². The molecule has 1 atom stereocenters. The van der Waals surface area contributed by atoms with E-state index in [1.165, 1.54) is 39.2 Å². The highest BCUT2D eigenvalue weighted by atomic mass is 16.6. The Labute approximate surface area is 110 Å². The maximum Gasteiger partial charge on any atom is 0.269 e. The molecule has 1 rings (SSSR count). The normalized spacial score (nSPS) is 13.2. The highest BCUT2D eigenvalue weighted by Crippen LogP contribution is 2.31. The first kappa shape index (κ1) is 14.6. The van der Waals surface area contributed by atoms with Crippen LogP contribution in [0.3, 0.4) is 0 Å². The van der Waals surface area contributed by atoms with Crippen LogP contribution in [0, 0.1) is 26.9 Å². The number of nitrogens with zero attached hydrogens (tertiary/aromatic N) is 2. The van der Waals surface area contributed by atoms with Gasteiger partial charge in [0, 0.05) is 24.1 Å². The molecule has 0 spiro atoms. The predicted molar refractivity (Wildman–Crippen MR) is 67.8 cm³/mol. The minimum absolute atomic E-state index is 0.0731. The summed E-state index contributed by atoms with van der Waals surface area (Å²) in [6, 6.07) is 6.07. The molecule has 100 valence electrons. The predicted octanol–water partition coefficient (Wildman–Crippen LogP) is 2.26. The third kappa shape index (κ3) is 3.07. The van der Waals surface area contributed by atoms with Crippen LogP contribution in [0.15, 0.2) is 18.2 Å². The molecule has 0 saturated heterocycles. The zero-order valence-corrected chi connectivity index (χ0v) is 11.0. The average Bonchev–Trinajstić information content (AvgIpc) is 2.38. The van der Waals surface area contributed by atoms with Gasteiger partial charge in [-0.1, -0.05) is 0 Å². The van der Waals surface area contributed by atoms with Gasteiger partial charge in [-0.2, -0.15) is 5.26 Å². The molecule has 1 aromatic carbocycles. The second-order valence-corrected chi connectivity index (χ2v) is 4.43. The maximum atomic E-state index is 11.5. The Morgan fingerprint density at radius 2 is 2.21 bits per heavy atom. The second kappa shape index (κ2) is 5.48. The van der Waals surface area contributed by atoms with Crippen molar-refractivity contribution in [1.29, 1.82) is 5.26 Å². The van der Waals surface area contributed by atoms with Gasteiger partial charge in [0.2, 0.25) is 0 Å². The molecule has 1 unspecified atom stereocenters. The van der Waals surface area contributed by atoms with Crippen molar-refractivity contribution in [3.8, 4) is 11.8 Å². The lowest BCUT2D eigenvalue weighted by molar-refractivity contribution is -0.384. The maximum absolute atomic E-state index is 11.5. The summed E-state index contributed by atoms with van der Waals surface area (Å²) in [5, 5.41) is 19.9. The van der Waals surface area contributed by atoms with Crippen LogP contribution >= 0.6 is 0 Å². The Kier molecular flexibility index (Phi) is 4.22. The number of hydrogen-bond donors (Lipinski definition) is 0. The molecular formula is C13H14N2O4. The van der Waals surface area contributed by atoms with E-state index in [9.17, 15) is 14.9 Å². The number of Topliss-reactive ketones (excluding diaryl/α,β-unsaturated/α-hetero) is 1. The number of rotatable bonds is 5. The molecule has 0 bridgehead atoms. The molecule has 1 aromatic rings. The molecule has 0 saturated carbocycles. The summed E-state index contributed by atoms with van der Waals surface area (Å²) in [7, 11) is 1.43. The minimum Gasteiger partial charge on any atom is -0.496 e. The third-order valence-electron chi connectivity index (χ3n) is 3.04. The monoisotopic (exact) mass is 262 g/mol. The Balaban J connectivity index is 3.25. The van der Waals surface area contributed by atoms with Crippen LogP contribution in [0.1, 0.15) is 19.4 Å². The van der Waals surface area contributed by atoms with Crippen molar-refractivity contribution >= 4 is 11.5 Å². The van der Waals surface area contributed by atoms with E-state index in [0.717, 1.165) is 0 Å². The molecule has 0 aliphatic carbocycles. The number of non-ortho nitro benzene ring substituents is 1. The summed E-state index contributed by atoms with van der Waals surface area (Å²) >= 11 is 0. The molecule has 0 N–H and O–H groups in total. The largest absolute Gasteiger partial charge is 0.496 e. The van der Waals surface area contributed by atoms with Crippen molar-refractivity contribution in [2.75, 3.05) is 7.11 Å². The van der Waals surface area contributed by atoms with Crippen molar-refractivity contribution in [2.24, 2.45) is 5.41 Å². The topological polar surface area (TPSA) is 93.2 Å². The Morgan fingerprint density at radius 3 is 2.63 bits per heavy atom. The van der Waals surface area contributed by atoms with Crippen LogP contribution in [0.5, 0.6) is 5.75 Å². The molecule has 0 heterocycles. The van der Waals surface area contributed by atoms with Gasteiger partial charge in [0.1, 0.15) is 16.9 Å². The lowest BCUT2D eigenvalue weighted by Crippen LogP contribution is -2.26. The van der Waals surface area contributed by atoms with E-state index in [2.05, 4.69) is 0 Å².